The number of para-hydroxylation sites is 1. The summed E-state index contributed by atoms with van der Waals surface area (Å²) in [5.41, 5.74) is 3.21. The maximum Gasteiger partial charge on any atom is 0.256 e. The lowest BCUT2D eigenvalue weighted by Crippen LogP contribution is -2.36. The summed E-state index contributed by atoms with van der Waals surface area (Å²) in [7, 11) is 0. The molecule has 8 heteroatoms. The molecule has 0 spiro atoms. The van der Waals surface area contributed by atoms with Crippen LogP contribution in [0.2, 0.25) is 0 Å². The second-order valence-corrected chi connectivity index (χ2v) is 8.71. The Morgan fingerprint density at radius 2 is 2.06 bits per heavy atom. The maximum atomic E-state index is 13.7. The first-order valence-corrected chi connectivity index (χ1v) is 11.7. The molecule has 0 aliphatic carbocycles. The molecular formula is C26H27F2N3O3. The van der Waals surface area contributed by atoms with Crippen LogP contribution in [0, 0.1) is 11.6 Å². The molecule has 2 aliphatic rings. The highest BCUT2D eigenvalue weighted by atomic mass is 19.2. The van der Waals surface area contributed by atoms with Gasteiger partial charge in [-0.05, 0) is 37.5 Å². The zero-order valence-electron chi connectivity index (χ0n) is 18.9. The van der Waals surface area contributed by atoms with Crippen molar-refractivity contribution in [1.82, 2.24) is 9.88 Å². The SMILES string of the molecule is O=C(Nc1ccc(F)c(F)c1)c1c2c(nc3ccccc13)CCN(CCOC1CCCCO1)C2. The third-order valence-electron chi connectivity index (χ3n) is 6.38. The van der Waals surface area contributed by atoms with E-state index < -0.39 is 11.6 Å². The Balaban J connectivity index is 1.38. The van der Waals surface area contributed by atoms with Gasteiger partial charge in [0, 0.05) is 61.1 Å². The van der Waals surface area contributed by atoms with E-state index in [1.54, 1.807) is 0 Å². The second-order valence-electron chi connectivity index (χ2n) is 8.71. The van der Waals surface area contributed by atoms with Gasteiger partial charge in [-0.3, -0.25) is 14.7 Å². The van der Waals surface area contributed by atoms with Gasteiger partial charge in [0.1, 0.15) is 0 Å². The summed E-state index contributed by atoms with van der Waals surface area (Å²) in [6, 6.07) is 10.8. The highest BCUT2D eigenvalue weighted by molar-refractivity contribution is 6.13. The Kier molecular flexibility index (Phi) is 6.80. The predicted molar refractivity (Wildman–Crippen MR) is 125 cm³/mol. The number of anilines is 1. The zero-order valence-corrected chi connectivity index (χ0v) is 18.9. The number of hydrogen-bond donors (Lipinski definition) is 1. The van der Waals surface area contributed by atoms with Gasteiger partial charge < -0.3 is 14.8 Å². The number of nitrogens with one attached hydrogen (secondary N) is 1. The number of benzene rings is 2. The molecule has 3 heterocycles. The number of ether oxygens (including phenoxy) is 2. The van der Waals surface area contributed by atoms with Crippen molar-refractivity contribution in [2.75, 3.05) is 31.6 Å². The number of amides is 1. The van der Waals surface area contributed by atoms with Crippen molar-refractivity contribution in [2.45, 2.75) is 38.5 Å². The van der Waals surface area contributed by atoms with Crippen LogP contribution in [-0.2, 0) is 22.4 Å². The number of halogens is 2. The predicted octanol–water partition coefficient (Wildman–Crippen LogP) is 4.67. The van der Waals surface area contributed by atoms with Crippen LogP contribution in [0.3, 0.4) is 0 Å². The summed E-state index contributed by atoms with van der Waals surface area (Å²) in [6.07, 6.45) is 3.71. The van der Waals surface area contributed by atoms with Crippen molar-refractivity contribution in [3.63, 3.8) is 0 Å². The Morgan fingerprint density at radius 3 is 2.88 bits per heavy atom. The molecule has 2 aliphatic heterocycles. The van der Waals surface area contributed by atoms with E-state index in [9.17, 15) is 13.6 Å². The molecule has 6 nitrogen and oxygen atoms in total. The Labute approximate surface area is 196 Å². The molecule has 1 fully saturated rings. The van der Waals surface area contributed by atoms with Gasteiger partial charge in [0.2, 0.25) is 0 Å². The fraction of sp³-hybridized carbons (Fsp3) is 0.385. The maximum absolute atomic E-state index is 13.7. The minimum Gasteiger partial charge on any atom is -0.353 e. The minimum absolute atomic E-state index is 0.131. The van der Waals surface area contributed by atoms with Crippen LogP contribution >= 0.6 is 0 Å². The lowest BCUT2D eigenvalue weighted by Gasteiger charge is -2.31. The van der Waals surface area contributed by atoms with Crippen molar-refractivity contribution in [3.05, 3.63) is 70.9 Å². The quantitative estimate of drug-likeness (QED) is 0.571. The highest BCUT2D eigenvalue weighted by Gasteiger charge is 2.26. The summed E-state index contributed by atoms with van der Waals surface area (Å²) in [5, 5.41) is 3.47. The van der Waals surface area contributed by atoms with Crippen LogP contribution in [0.1, 0.15) is 40.9 Å². The molecule has 1 N–H and O–H groups in total. The summed E-state index contributed by atoms with van der Waals surface area (Å²) in [4.78, 5) is 20.5. The van der Waals surface area contributed by atoms with Gasteiger partial charge in [0.05, 0.1) is 17.7 Å². The van der Waals surface area contributed by atoms with E-state index in [2.05, 4.69) is 10.2 Å². The monoisotopic (exact) mass is 467 g/mol. The van der Waals surface area contributed by atoms with Gasteiger partial charge in [-0.1, -0.05) is 18.2 Å². The first-order valence-electron chi connectivity index (χ1n) is 11.7. The van der Waals surface area contributed by atoms with Crippen molar-refractivity contribution >= 4 is 22.5 Å². The summed E-state index contributed by atoms with van der Waals surface area (Å²) in [6.45, 7) is 3.39. The third-order valence-corrected chi connectivity index (χ3v) is 6.38. The van der Waals surface area contributed by atoms with E-state index in [4.69, 9.17) is 14.5 Å². The highest BCUT2D eigenvalue weighted by Crippen LogP contribution is 2.29. The van der Waals surface area contributed by atoms with E-state index in [1.165, 1.54) is 6.07 Å². The molecule has 1 atom stereocenters. The zero-order chi connectivity index (χ0) is 23.5. The first-order chi connectivity index (χ1) is 16.6. The molecule has 5 rings (SSSR count). The molecule has 3 aromatic rings. The smallest absolute Gasteiger partial charge is 0.256 e. The van der Waals surface area contributed by atoms with Gasteiger partial charge in [-0.15, -0.1) is 0 Å². The van der Waals surface area contributed by atoms with Crippen LogP contribution in [0.25, 0.3) is 10.9 Å². The molecule has 1 unspecified atom stereocenters. The van der Waals surface area contributed by atoms with Crippen molar-refractivity contribution < 1.29 is 23.0 Å². The van der Waals surface area contributed by atoms with Gasteiger partial charge in [-0.2, -0.15) is 0 Å². The third kappa shape index (κ3) is 4.94. The van der Waals surface area contributed by atoms with Gasteiger partial charge >= 0.3 is 0 Å². The molecule has 0 saturated carbocycles. The van der Waals surface area contributed by atoms with Crippen LogP contribution in [0.5, 0.6) is 0 Å². The number of aromatic nitrogens is 1. The number of pyridine rings is 1. The first kappa shape index (κ1) is 22.8. The van der Waals surface area contributed by atoms with E-state index >= 15 is 0 Å². The summed E-state index contributed by atoms with van der Waals surface area (Å²) in [5.74, 6) is -2.33. The molecule has 1 amide bonds. The normalized spacial score (nSPS) is 18.6. The average Bonchev–Trinajstić information content (AvgIpc) is 2.85. The number of carbonyl (C=O) groups is 1. The van der Waals surface area contributed by atoms with Crippen molar-refractivity contribution in [3.8, 4) is 0 Å². The average molecular weight is 468 g/mol. The molecule has 178 valence electrons. The number of nitrogens with zero attached hydrogens (tertiary/aromatic N) is 2. The molecule has 34 heavy (non-hydrogen) atoms. The molecule has 0 radical (unpaired) electrons. The molecule has 1 aromatic heterocycles. The van der Waals surface area contributed by atoms with E-state index in [-0.39, 0.29) is 17.9 Å². The number of carbonyl (C=O) groups excluding carboxylic acids is 1. The Hall–Kier alpha value is -2.94. The van der Waals surface area contributed by atoms with Crippen LogP contribution in [0.4, 0.5) is 14.5 Å². The molecular weight excluding hydrogens is 440 g/mol. The summed E-state index contributed by atoms with van der Waals surface area (Å²) < 4.78 is 38.6. The standard InChI is InChI=1S/C26H27F2N3O3/c27-20-9-8-17(15-21(20)28)29-26(32)25-18-5-1-2-6-22(18)30-23-10-11-31(16-19(23)25)12-14-34-24-7-3-4-13-33-24/h1-2,5-6,8-9,15,24H,3-4,7,10-14,16H2,(H,29,32). The van der Waals surface area contributed by atoms with E-state index in [0.29, 0.717) is 25.1 Å². The van der Waals surface area contributed by atoms with Crippen molar-refractivity contribution in [2.24, 2.45) is 0 Å². The molecule has 2 aromatic carbocycles. The second kappa shape index (κ2) is 10.1. The van der Waals surface area contributed by atoms with Crippen LogP contribution in [0.15, 0.2) is 42.5 Å². The number of fused-ring (bicyclic) bond motifs is 2. The van der Waals surface area contributed by atoms with Crippen LogP contribution < -0.4 is 5.32 Å². The van der Waals surface area contributed by atoms with E-state index in [0.717, 1.165) is 73.3 Å². The molecule has 1 saturated heterocycles. The van der Waals surface area contributed by atoms with Gasteiger partial charge in [-0.25, -0.2) is 8.78 Å². The fourth-order valence-corrected chi connectivity index (χ4v) is 4.62. The topological polar surface area (TPSA) is 63.7 Å². The lowest BCUT2D eigenvalue weighted by atomic mass is 9.95. The Morgan fingerprint density at radius 1 is 1.18 bits per heavy atom. The van der Waals surface area contributed by atoms with E-state index in [1.807, 2.05) is 24.3 Å². The molecule has 0 bridgehead atoms. The number of hydrogen-bond acceptors (Lipinski definition) is 5. The fourth-order valence-electron chi connectivity index (χ4n) is 4.62. The van der Waals surface area contributed by atoms with Gasteiger partial charge in [0.25, 0.3) is 5.91 Å². The Bertz CT molecular complexity index is 1200. The minimum atomic E-state index is -1.01. The largest absolute Gasteiger partial charge is 0.353 e. The number of rotatable bonds is 6. The lowest BCUT2D eigenvalue weighted by molar-refractivity contribution is -0.164. The van der Waals surface area contributed by atoms with Crippen LogP contribution in [-0.4, -0.2) is 48.4 Å². The van der Waals surface area contributed by atoms with Gasteiger partial charge in [0.15, 0.2) is 17.9 Å². The van der Waals surface area contributed by atoms with Crippen molar-refractivity contribution in [1.29, 1.82) is 0 Å². The summed E-state index contributed by atoms with van der Waals surface area (Å²) >= 11 is 0.